The zero-order valence-electron chi connectivity index (χ0n) is 7.31. The van der Waals surface area contributed by atoms with Crippen molar-refractivity contribution in [2.75, 3.05) is 6.61 Å². The SMILES string of the molecule is CCC1(C)CCC(C)OC1. The van der Waals surface area contributed by atoms with Crippen LogP contribution in [0.1, 0.15) is 40.0 Å². The number of ether oxygens (including phenoxy) is 1. The molecule has 10 heavy (non-hydrogen) atoms. The molecule has 0 N–H and O–H groups in total. The van der Waals surface area contributed by atoms with E-state index in [0.717, 1.165) is 6.61 Å². The van der Waals surface area contributed by atoms with Gasteiger partial charge >= 0.3 is 0 Å². The lowest BCUT2D eigenvalue weighted by molar-refractivity contribution is -0.0479. The zero-order chi connectivity index (χ0) is 7.61. The van der Waals surface area contributed by atoms with Crippen LogP contribution in [0.15, 0.2) is 0 Å². The van der Waals surface area contributed by atoms with Crippen LogP contribution in [0, 0.1) is 5.41 Å². The van der Waals surface area contributed by atoms with Gasteiger partial charge < -0.3 is 4.74 Å². The van der Waals surface area contributed by atoms with Crippen molar-refractivity contribution >= 4 is 0 Å². The largest absolute Gasteiger partial charge is 0.378 e. The fourth-order valence-electron chi connectivity index (χ4n) is 1.33. The minimum Gasteiger partial charge on any atom is -0.378 e. The lowest BCUT2D eigenvalue weighted by Crippen LogP contribution is -2.31. The van der Waals surface area contributed by atoms with Gasteiger partial charge in [-0.05, 0) is 31.6 Å². The summed E-state index contributed by atoms with van der Waals surface area (Å²) in [4.78, 5) is 0. The van der Waals surface area contributed by atoms with Crippen LogP contribution in [0.3, 0.4) is 0 Å². The van der Waals surface area contributed by atoms with E-state index >= 15 is 0 Å². The smallest absolute Gasteiger partial charge is 0.0547 e. The molecule has 1 fully saturated rings. The van der Waals surface area contributed by atoms with Crippen LogP contribution in [0.25, 0.3) is 0 Å². The molecule has 1 aliphatic heterocycles. The highest BCUT2D eigenvalue weighted by Gasteiger charge is 2.27. The minimum absolute atomic E-state index is 0.479. The fraction of sp³-hybridized carbons (Fsp3) is 1.00. The molecular weight excluding hydrogens is 124 g/mol. The summed E-state index contributed by atoms with van der Waals surface area (Å²) >= 11 is 0. The molecule has 1 rings (SSSR count). The molecule has 0 aromatic carbocycles. The molecule has 2 atom stereocenters. The van der Waals surface area contributed by atoms with Crippen LogP contribution in [0.4, 0.5) is 0 Å². The van der Waals surface area contributed by atoms with Crippen molar-refractivity contribution in [3.63, 3.8) is 0 Å². The van der Waals surface area contributed by atoms with E-state index in [1.165, 1.54) is 19.3 Å². The maximum atomic E-state index is 5.58. The molecule has 2 unspecified atom stereocenters. The molecule has 0 saturated carbocycles. The Bertz CT molecular complexity index is 101. The molecule has 0 aromatic rings. The van der Waals surface area contributed by atoms with E-state index in [9.17, 15) is 0 Å². The Hall–Kier alpha value is -0.0400. The van der Waals surface area contributed by atoms with Gasteiger partial charge in [-0.2, -0.15) is 0 Å². The molecule has 0 aromatic heterocycles. The number of hydrogen-bond acceptors (Lipinski definition) is 1. The highest BCUT2D eigenvalue weighted by molar-refractivity contribution is 4.77. The van der Waals surface area contributed by atoms with E-state index in [1.807, 2.05) is 0 Å². The van der Waals surface area contributed by atoms with Crippen molar-refractivity contribution < 1.29 is 4.74 Å². The molecule has 1 nitrogen and oxygen atoms in total. The average Bonchev–Trinajstić information content (AvgIpc) is 1.96. The molecule has 1 heteroatoms. The second-order valence-corrected chi connectivity index (χ2v) is 3.82. The van der Waals surface area contributed by atoms with Gasteiger partial charge in [0.25, 0.3) is 0 Å². The molecule has 0 aliphatic carbocycles. The summed E-state index contributed by atoms with van der Waals surface area (Å²) in [6, 6.07) is 0. The predicted molar refractivity (Wildman–Crippen MR) is 43.0 cm³/mol. The van der Waals surface area contributed by atoms with E-state index < -0.39 is 0 Å². The van der Waals surface area contributed by atoms with Crippen LogP contribution in [-0.2, 0) is 4.74 Å². The van der Waals surface area contributed by atoms with Crippen LogP contribution in [0.5, 0.6) is 0 Å². The maximum absolute atomic E-state index is 5.58. The Morgan fingerprint density at radius 1 is 1.60 bits per heavy atom. The van der Waals surface area contributed by atoms with Gasteiger partial charge in [0.15, 0.2) is 0 Å². The first-order valence-corrected chi connectivity index (χ1v) is 4.28. The molecule has 1 aliphatic rings. The van der Waals surface area contributed by atoms with Crippen molar-refractivity contribution in [2.24, 2.45) is 5.41 Å². The van der Waals surface area contributed by atoms with Gasteiger partial charge in [0.2, 0.25) is 0 Å². The van der Waals surface area contributed by atoms with Crippen LogP contribution in [-0.4, -0.2) is 12.7 Å². The van der Waals surface area contributed by atoms with E-state index in [2.05, 4.69) is 20.8 Å². The summed E-state index contributed by atoms with van der Waals surface area (Å²) in [5, 5.41) is 0. The van der Waals surface area contributed by atoms with Gasteiger partial charge in [-0.15, -0.1) is 0 Å². The topological polar surface area (TPSA) is 9.23 Å². The summed E-state index contributed by atoms with van der Waals surface area (Å²) in [7, 11) is 0. The first kappa shape index (κ1) is 8.06. The lowest BCUT2D eigenvalue weighted by Gasteiger charge is -2.35. The van der Waals surface area contributed by atoms with Gasteiger partial charge in [-0.3, -0.25) is 0 Å². The van der Waals surface area contributed by atoms with Gasteiger partial charge in [-0.1, -0.05) is 13.8 Å². The highest BCUT2D eigenvalue weighted by atomic mass is 16.5. The van der Waals surface area contributed by atoms with Crippen molar-refractivity contribution in [1.82, 2.24) is 0 Å². The second kappa shape index (κ2) is 2.91. The Kier molecular flexibility index (Phi) is 2.35. The quantitative estimate of drug-likeness (QED) is 0.547. The van der Waals surface area contributed by atoms with Crippen LogP contribution < -0.4 is 0 Å². The number of hydrogen-bond donors (Lipinski definition) is 0. The third-order valence-electron chi connectivity index (χ3n) is 2.72. The molecule has 0 amide bonds. The zero-order valence-corrected chi connectivity index (χ0v) is 7.31. The van der Waals surface area contributed by atoms with E-state index in [-0.39, 0.29) is 0 Å². The van der Waals surface area contributed by atoms with Gasteiger partial charge in [0, 0.05) is 0 Å². The molecule has 0 spiro atoms. The third kappa shape index (κ3) is 1.72. The average molecular weight is 142 g/mol. The fourth-order valence-corrected chi connectivity index (χ4v) is 1.33. The van der Waals surface area contributed by atoms with E-state index in [4.69, 9.17) is 4.74 Å². The summed E-state index contributed by atoms with van der Waals surface area (Å²) < 4.78 is 5.58. The lowest BCUT2D eigenvalue weighted by atomic mass is 9.81. The molecule has 1 heterocycles. The summed E-state index contributed by atoms with van der Waals surface area (Å²) in [5.41, 5.74) is 0.479. The molecule has 60 valence electrons. The van der Waals surface area contributed by atoms with Crippen LogP contribution >= 0.6 is 0 Å². The molecule has 0 bridgehead atoms. The highest BCUT2D eigenvalue weighted by Crippen LogP contribution is 2.33. The summed E-state index contributed by atoms with van der Waals surface area (Å²) in [6.45, 7) is 7.69. The maximum Gasteiger partial charge on any atom is 0.0547 e. The molecular formula is C9H18O. The second-order valence-electron chi connectivity index (χ2n) is 3.82. The monoisotopic (exact) mass is 142 g/mol. The van der Waals surface area contributed by atoms with Crippen molar-refractivity contribution in [1.29, 1.82) is 0 Å². The Balaban J connectivity index is 2.38. The third-order valence-corrected chi connectivity index (χ3v) is 2.72. The van der Waals surface area contributed by atoms with E-state index in [0.29, 0.717) is 11.5 Å². The summed E-state index contributed by atoms with van der Waals surface area (Å²) in [6.07, 6.45) is 4.33. The van der Waals surface area contributed by atoms with Gasteiger partial charge in [-0.25, -0.2) is 0 Å². The molecule has 1 saturated heterocycles. The summed E-state index contributed by atoms with van der Waals surface area (Å²) in [5.74, 6) is 0. The van der Waals surface area contributed by atoms with Crippen LogP contribution in [0.2, 0.25) is 0 Å². The van der Waals surface area contributed by atoms with Crippen molar-refractivity contribution in [3.8, 4) is 0 Å². The predicted octanol–water partition coefficient (Wildman–Crippen LogP) is 2.60. The normalized spacial score (nSPS) is 41.7. The Labute approximate surface area is 63.8 Å². The molecule has 0 radical (unpaired) electrons. The first-order valence-electron chi connectivity index (χ1n) is 4.28. The number of rotatable bonds is 1. The van der Waals surface area contributed by atoms with E-state index in [1.54, 1.807) is 0 Å². The van der Waals surface area contributed by atoms with Crippen molar-refractivity contribution in [2.45, 2.75) is 46.1 Å². The Morgan fingerprint density at radius 2 is 2.30 bits per heavy atom. The first-order chi connectivity index (χ1) is 4.66. The van der Waals surface area contributed by atoms with Gasteiger partial charge in [0.05, 0.1) is 12.7 Å². The Morgan fingerprint density at radius 3 is 2.70 bits per heavy atom. The standard InChI is InChI=1S/C9H18O/c1-4-9(3)6-5-8(2)10-7-9/h8H,4-7H2,1-3H3. The van der Waals surface area contributed by atoms with Crippen molar-refractivity contribution in [3.05, 3.63) is 0 Å². The van der Waals surface area contributed by atoms with Gasteiger partial charge in [0.1, 0.15) is 0 Å². The minimum atomic E-state index is 0.479.